The Bertz CT molecular complexity index is 3230. The maximum absolute atomic E-state index is 5.47. The molecule has 0 bridgehead atoms. The first-order chi connectivity index (χ1) is 29.2. The number of benzene rings is 7. The quantitative estimate of drug-likeness (QED) is 0.152. The van der Waals surface area contributed by atoms with E-state index in [-0.39, 0.29) is 6.85 Å². The highest BCUT2D eigenvalue weighted by Gasteiger charge is 2.37. The van der Waals surface area contributed by atoms with E-state index in [9.17, 15) is 0 Å². The minimum atomic E-state index is -0.0434. The zero-order chi connectivity index (χ0) is 39.5. The SMILES string of the molecule is C=Cc1c(/C=C\C)c2ccccc2n1-c1nc(-c2cccc(N3B(c4ccccc4)c4ccccc4-c4ccccc43)c2)cc(-n2c3ccccc3c3ccccc32)n1. The van der Waals surface area contributed by atoms with Gasteiger partial charge in [-0.2, -0.15) is 4.98 Å². The Morgan fingerprint density at radius 2 is 1.19 bits per heavy atom. The zero-order valence-corrected chi connectivity index (χ0v) is 32.6. The molecule has 0 N–H and O–H groups in total. The smallest absolute Gasteiger partial charge is 0.328 e. The van der Waals surface area contributed by atoms with Crippen LogP contribution in [0.25, 0.3) is 79.0 Å². The molecule has 10 aromatic rings. The summed E-state index contributed by atoms with van der Waals surface area (Å²) in [7, 11) is 0. The van der Waals surface area contributed by atoms with Crippen molar-refractivity contribution in [1.82, 2.24) is 19.1 Å². The molecule has 0 unspecified atom stereocenters. The third-order valence-corrected chi connectivity index (χ3v) is 11.7. The Balaban J connectivity index is 1.18. The fraction of sp³-hybridized carbons (Fsp3) is 0.0189. The van der Waals surface area contributed by atoms with E-state index in [2.05, 4.69) is 215 Å². The molecule has 7 aromatic carbocycles. The van der Waals surface area contributed by atoms with Crippen LogP contribution in [0.3, 0.4) is 0 Å². The van der Waals surface area contributed by atoms with Crippen molar-refractivity contribution in [3.05, 3.63) is 206 Å². The van der Waals surface area contributed by atoms with Crippen LogP contribution in [0.1, 0.15) is 18.2 Å². The minimum absolute atomic E-state index is 0.0434. The number of fused-ring (bicyclic) bond motifs is 7. The van der Waals surface area contributed by atoms with Crippen molar-refractivity contribution in [2.45, 2.75) is 6.92 Å². The summed E-state index contributed by atoms with van der Waals surface area (Å²) in [5, 5.41) is 3.47. The lowest BCUT2D eigenvalue weighted by Gasteiger charge is -2.39. The molecule has 0 spiro atoms. The van der Waals surface area contributed by atoms with Gasteiger partial charge in [0.05, 0.1) is 27.9 Å². The van der Waals surface area contributed by atoms with Crippen molar-refractivity contribution in [3.8, 4) is 34.2 Å². The van der Waals surface area contributed by atoms with Crippen molar-refractivity contribution in [2.24, 2.45) is 0 Å². The number of hydrogen-bond acceptors (Lipinski definition) is 3. The van der Waals surface area contributed by atoms with Crippen molar-refractivity contribution >= 4 is 74.0 Å². The number of hydrogen-bond donors (Lipinski definition) is 0. The lowest BCUT2D eigenvalue weighted by molar-refractivity contribution is 0.926. The van der Waals surface area contributed by atoms with E-state index in [1.165, 1.54) is 32.8 Å². The minimum Gasteiger partial charge on any atom is -0.376 e. The van der Waals surface area contributed by atoms with Gasteiger partial charge in [0.25, 0.3) is 0 Å². The molecule has 59 heavy (non-hydrogen) atoms. The van der Waals surface area contributed by atoms with Crippen LogP contribution in [0.2, 0.25) is 0 Å². The standard InChI is InChI=1S/C53H38BN5/c1-3-19-40-42-26-11-16-32-50(42)58(47(40)4-2)53-55-46(35-52(56-53)57-48-30-14-9-27-43(48)44-28-10-15-31-49(44)57)36-20-18-23-38(34-36)59-51-33-17-12-25-41(51)39-24-8-13-29-45(39)54(59)37-21-6-5-7-22-37/h3-35H,2H2,1H3/b19-3-. The van der Waals surface area contributed by atoms with E-state index >= 15 is 0 Å². The van der Waals surface area contributed by atoms with E-state index in [1.807, 2.05) is 13.0 Å². The average Bonchev–Trinajstić information content (AvgIpc) is 3.81. The molecule has 0 saturated carbocycles. The summed E-state index contributed by atoms with van der Waals surface area (Å²) < 4.78 is 4.43. The summed E-state index contributed by atoms with van der Waals surface area (Å²) in [5.74, 6) is 1.36. The van der Waals surface area contributed by atoms with E-state index in [0.29, 0.717) is 5.95 Å². The van der Waals surface area contributed by atoms with Gasteiger partial charge < -0.3 is 4.81 Å². The fourth-order valence-corrected chi connectivity index (χ4v) is 9.23. The van der Waals surface area contributed by atoms with Gasteiger partial charge in [-0.25, -0.2) is 4.98 Å². The highest BCUT2D eigenvalue weighted by molar-refractivity contribution is 6.90. The van der Waals surface area contributed by atoms with Gasteiger partial charge >= 0.3 is 6.85 Å². The Hall–Kier alpha value is -7.70. The zero-order valence-electron chi connectivity index (χ0n) is 32.6. The molecule has 0 saturated heterocycles. The van der Waals surface area contributed by atoms with Crippen molar-refractivity contribution in [2.75, 3.05) is 4.81 Å². The predicted octanol–water partition coefficient (Wildman–Crippen LogP) is 11.8. The molecule has 0 radical (unpaired) electrons. The summed E-state index contributed by atoms with van der Waals surface area (Å²) in [6, 6.07) is 65.0. The normalized spacial score (nSPS) is 12.4. The number of nitrogens with zero attached hydrogens (tertiary/aromatic N) is 5. The van der Waals surface area contributed by atoms with Crippen LogP contribution in [-0.2, 0) is 0 Å². The van der Waals surface area contributed by atoms with Gasteiger partial charge in [-0.15, -0.1) is 0 Å². The molecule has 0 aliphatic carbocycles. The van der Waals surface area contributed by atoms with Crippen molar-refractivity contribution < 1.29 is 0 Å². The fourth-order valence-electron chi connectivity index (χ4n) is 9.23. The lowest BCUT2D eigenvalue weighted by atomic mass is 9.46. The second-order valence-electron chi connectivity index (χ2n) is 15.0. The van der Waals surface area contributed by atoms with E-state index in [0.717, 1.165) is 61.6 Å². The van der Waals surface area contributed by atoms with E-state index in [1.54, 1.807) is 0 Å². The molecule has 0 fully saturated rings. The number of allylic oxidation sites excluding steroid dienone is 1. The molecule has 1 aliphatic heterocycles. The van der Waals surface area contributed by atoms with Crippen LogP contribution in [0, 0.1) is 0 Å². The number of rotatable bonds is 7. The molecule has 6 heteroatoms. The van der Waals surface area contributed by atoms with Gasteiger partial charge in [-0.1, -0.05) is 164 Å². The first-order valence-electron chi connectivity index (χ1n) is 20.1. The first-order valence-corrected chi connectivity index (χ1v) is 20.1. The van der Waals surface area contributed by atoms with Crippen LogP contribution in [0.4, 0.5) is 11.4 Å². The second kappa shape index (κ2) is 14.0. The second-order valence-corrected chi connectivity index (χ2v) is 15.0. The van der Waals surface area contributed by atoms with Gasteiger partial charge in [0.15, 0.2) is 0 Å². The topological polar surface area (TPSA) is 38.9 Å². The van der Waals surface area contributed by atoms with Gasteiger partial charge in [0.1, 0.15) is 5.82 Å². The van der Waals surface area contributed by atoms with Crippen molar-refractivity contribution in [3.63, 3.8) is 0 Å². The Morgan fingerprint density at radius 3 is 1.92 bits per heavy atom. The van der Waals surface area contributed by atoms with Gasteiger partial charge in [-0.3, -0.25) is 9.13 Å². The first kappa shape index (κ1) is 34.5. The molecule has 0 atom stereocenters. The third-order valence-electron chi connectivity index (χ3n) is 11.7. The number of para-hydroxylation sites is 4. The summed E-state index contributed by atoms with van der Waals surface area (Å²) >= 11 is 0. The highest BCUT2D eigenvalue weighted by Crippen LogP contribution is 2.41. The van der Waals surface area contributed by atoms with Crippen LogP contribution >= 0.6 is 0 Å². The Kier molecular flexibility index (Phi) is 8.22. The third kappa shape index (κ3) is 5.48. The van der Waals surface area contributed by atoms with Crippen LogP contribution in [0.15, 0.2) is 195 Å². The molecule has 4 heterocycles. The summed E-state index contributed by atoms with van der Waals surface area (Å²) in [6.07, 6.45) is 6.14. The molecule has 11 rings (SSSR count). The summed E-state index contributed by atoms with van der Waals surface area (Å²) in [5.41, 5.74) is 14.2. The van der Waals surface area contributed by atoms with Gasteiger partial charge in [0.2, 0.25) is 5.95 Å². The number of aromatic nitrogens is 4. The summed E-state index contributed by atoms with van der Waals surface area (Å²) in [6.45, 7) is 6.30. The number of anilines is 2. The predicted molar refractivity (Wildman–Crippen MR) is 249 cm³/mol. The summed E-state index contributed by atoms with van der Waals surface area (Å²) in [4.78, 5) is 13.4. The van der Waals surface area contributed by atoms with E-state index in [4.69, 9.17) is 9.97 Å². The molecular formula is C53H38BN5. The van der Waals surface area contributed by atoms with Crippen molar-refractivity contribution in [1.29, 1.82) is 0 Å². The van der Waals surface area contributed by atoms with Gasteiger partial charge in [-0.05, 0) is 60.4 Å². The van der Waals surface area contributed by atoms with Crippen LogP contribution in [0.5, 0.6) is 0 Å². The molecule has 0 amide bonds. The Morgan fingerprint density at radius 1 is 0.559 bits per heavy atom. The average molecular weight is 756 g/mol. The monoisotopic (exact) mass is 755 g/mol. The van der Waals surface area contributed by atoms with E-state index < -0.39 is 0 Å². The maximum atomic E-state index is 5.47. The lowest BCUT2D eigenvalue weighted by Crippen LogP contribution is -2.57. The molecule has 5 nitrogen and oxygen atoms in total. The molecule has 1 aliphatic rings. The van der Waals surface area contributed by atoms with Crippen LogP contribution in [-0.4, -0.2) is 25.9 Å². The maximum Gasteiger partial charge on any atom is 0.328 e. The highest BCUT2D eigenvalue weighted by atomic mass is 15.2. The van der Waals surface area contributed by atoms with Gasteiger partial charge in [0, 0.05) is 50.3 Å². The largest absolute Gasteiger partial charge is 0.376 e. The van der Waals surface area contributed by atoms with Crippen LogP contribution < -0.4 is 15.7 Å². The molecule has 3 aromatic heterocycles. The molecular weight excluding hydrogens is 717 g/mol. The Labute approximate surface area is 343 Å². The molecule has 278 valence electrons.